The predicted molar refractivity (Wildman–Crippen MR) is 524 cm³/mol. The third-order valence-electron chi connectivity index (χ3n) is 25.3. The molecule has 4 aromatic heterocycles. The molecule has 0 radical (unpaired) electrons. The molecule has 0 N–H and O–H groups in total. The van der Waals surface area contributed by atoms with Crippen LogP contribution in [-0.4, -0.2) is 39.9 Å². The zero-order chi connectivity index (χ0) is 85.5. The summed E-state index contributed by atoms with van der Waals surface area (Å²) in [5, 5.41) is 2.60. The highest BCUT2D eigenvalue weighted by Crippen LogP contribution is 2.58. The maximum Gasteiger partial charge on any atom is 0.164 e. The van der Waals surface area contributed by atoms with E-state index in [1.807, 2.05) is 85.2 Å². The van der Waals surface area contributed by atoms with Gasteiger partial charge in [-0.2, -0.15) is 0 Å². The number of benzene rings is 17. The van der Waals surface area contributed by atoms with Crippen molar-refractivity contribution in [2.75, 3.05) is 0 Å². The second kappa shape index (κ2) is 33.2. The molecule has 8 heteroatoms. The smallest absolute Gasteiger partial charge is 0.164 e. The van der Waals surface area contributed by atoms with Crippen LogP contribution in [0.15, 0.2) is 462 Å². The molecule has 2 aliphatic rings. The standard InChI is InChI=1S/C63H42N4.C57H40N4/c1-4-16-44(17-5-1)60-65-61(45-33-31-43(32-34-45)53-24-15-37-64-42-53)67-62(66-60)52-23-14-22-50(40-52)48-20-12-18-46(38-48)47-19-13-21-49(39-47)51-35-36-59-57(41-51)56-29-10-11-30-58(56)63(59,54-25-6-2-7-26-54)55-27-8-3-9-28-55;1-57(2)51-29-28-46(35-50(51)53-49-22-7-6-12-38(49)27-30-52(53)57)44-18-9-16-42(33-44)41-15-8-17-43(32-41)45-19-10-20-47(34-45)56-60-54(39-13-4-3-5-14-39)59-55(61-56)40-25-23-37(24-26-40)48-21-11-31-58-36-48/h1-42H;3-36H,1-2H3. The fourth-order valence-corrected chi connectivity index (χ4v) is 18.9. The minimum absolute atomic E-state index is 0.0594. The largest absolute Gasteiger partial charge is 0.264 e. The molecule has 8 nitrogen and oxygen atoms in total. The Balaban J connectivity index is 0.000000151. The van der Waals surface area contributed by atoms with E-state index in [-0.39, 0.29) is 5.41 Å². The minimum atomic E-state index is -0.421. The Kier molecular flexibility index (Phi) is 20.1. The van der Waals surface area contributed by atoms with Gasteiger partial charge in [0.15, 0.2) is 34.9 Å². The van der Waals surface area contributed by atoms with Crippen molar-refractivity contribution >= 4 is 10.8 Å². The summed E-state index contributed by atoms with van der Waals surface area (Å²) >= 11 is 0. The summed E-state index contributed by atoms with van der Waals surface area (Å²) in [5.74, 6) is 3.75. The van der Waals surface area contributed by atoms with Gasteiger partial charge in [0.25, 0.3) is 0 Å². The first-order chi connectivity index (χ1) is 63.1. The van der Waals surface area contributed by atoms with E-state index in [0.717, 1.165) is 94.6 Å². The van der Waals surface area contributed by atoms with E-state index in [1.54, 1.807) is 12.4 Å². The Labute approximate surface area is 744 Å². The first-order valence-corrected chi connectivity index (χ1v) is 43.5. The number of fused-ring (bicyclic) bond motifs is 8. The van der Waals surface area contributed by atoms with Crippen molar-refractivity contribution in [3.63, 3.8) is 0 Å². The maximum absolute atomic E-state index is 5.08. The Morgan fingerprint density at radius 2 is 0.469 bits per heavy atom. The number of aromatic nitrogens is 8. The average Bonchev–Trinajstić information content (AvgIpc) is 1.54. The molecule has 21 aromatic rings. The van der Waals surface area contributed by atoms with Crippen molar-refractivity contribution in [2.24, 2.45) is 0 Å². The van der Waals surface area contributed by atoms with Crippen LogP contribution in [0.4, 0.5) is 0 Å². The van der Waals surface area contributed by atoms with Crippen LogP contribution in [0.5, 0.6) is 0 Å². The molecule has 4 heterocycles. The number of pyridine rings is 2. The monoisotopic (exact) mass is 1630 g/mol. The van der Waals surface area contributed by atoms with E-state index in [0.29, 0.717) is 34.9 Å². The van der Waals surface area contributed by atoms with Gasteiger partial charge in [0.2, 0.25) is 0 Å². The molecule has 0 saturated carbocycles. The van der Waals surface area contributed by atoms with Gasteiger partial charge in [-0.05, 0) is 216 Å². The zero-order valence-corrected chi connectivity index (χ0v) is 70.5. The molecule has 2 aliphatic carbocycles. The van der Waals surface area contributed by atoms with Gasteiger partial charge in [-0.1, -0.05) is 390 Å². The molecule has 0 bridgehead atoms. The molecule has 23 rings (SSSR count). The van der Waals surface area contributed by atoms with Gasteiger partial charge < -0.3 is 0 Å². The summed E-state index contributed by atoms with van der Waals surface area (Å²) in [6.07, 6.45) is 7.33. The van der Waals surface area contributed by atoms with Crippen LogP contribution in [0.3, 0.4) is 0 Å². The second-order valence-corrected chi connectivity index (χ2v) is 33.4. The third kappa shape index (κ3) is 14.6. The summed E-state index contributed by atoms with van der Waals surface area (Å²) in [6, 6.07) is 156. The van der Waals surface area contributed by atoms with E-state index < -0.39 is 5.41 Å². The molecular formula is C120H82N8. The molecule has 0 atom stereocenters. The fourth-order valence-electron chi connectivity index (χ4n) is 18.9. The van der Waals surface area contributed by atoms with Crippen molar-refractivity contribution in [3.8, 4) is 180 Å². The molecule has 17 aromatic carbocycles. The molecule has 0 fully saturated rings. The van der Waals surface area contributed by atoms with Gasteiger partial charge in [0.1, 0.15) is 0 Å². The molecule has 0 unspecified atom stereocenters. The first kappa shape index (κ1) is 77.4. The lowest BCUT2D eigenvalue weighted by Crippen LogP contribution is -2.28. The minimum Gasteiger partial charge on any atom is -0.264 e. The first-order valence-electron chi connectivity index (χ1n) is 43.5. The zero-order valence-electron chi connectivity index (χ0n) is 70.5. The Bertz CT molecular complexity index is 7700. The van der Waals surface area contributed by atoms with Crippen LogP contribution in [0.2, 0.25) is 0 Å². The Hall–Kier alpha value is -16.7. The molecule has 0 spiro atoms. The molecule has 0 amide bonds. The van der Waals surface area contributed by atoms with E-state index in [2.05, 4.69) is 388 Å². The lowest BCUT2D eigenvalue weighted by atomic mass is 9.67. The van der Waals surface area contributed by atoms with E-state index in [4.69, 9.17) is 29.9 Å². The van der Waals surface area contributed by atoms with Gasteiger partial charge >= 0.3 is 0 Å². The summed E-state index contributed by atoms with van der Waals surface area (Å²) in [6.45, 7) is 4.70. The van der Waals surface area contributed by atoms with Crippen molar-refractivity contribution in [1.82, 2.24) is 39.9 Å². The topological polar surface area (TPSA) is 103 Å². The molecule has 0 aliphatic heterocycles. The highest BCUT2D eigenvalue weighted by Gasteiger charge is 2.46. The second-order valence-electron chi connectivity index (χ2n) is 33.4. The third-order valence-corrected chi connectivity index (χ3v) is 25.3. The molecular weight excluding hydrogens is 1550 g/mol. The normalized spacial score (nSPS) is 12.4. The highest BCUT2D eigenvalue weighted by atomic mass is 15.0. The van der Waals surface area contributed by atoms with Crippen molar-refractivity contribution in [1.29, 1.82) is 0 Å². The van der Waals surface area contributed by atoms with Gasteiger partial charge in [0, 0.05) is 63.6 Å². The summed E-state index contributed by atoms with van der Waals surface area (Å²) in [5.41, 5.74) is 36.4. The van der Waals surface area contributed by atoms with Gasteiger partial charge in [-0.25, -0.2) is 29.9 Å². The summed E-state index contributed by atoms with van der Waals surface area (Å²) < 4.78 is 0. The van der Waals surface area contributed by atoms with E-state index in [1.165, 1.54) is 94.2 Å². The van der Waals surface area contributed by atoms with Gasteiger partial charge in [0.05, 0.1) is 5.41 Å². The average molecular weight is 1640 g/mol. The summed E-state index contributed by atoms with van der Waals surface area (Å²) in [7, 11) is 0. The van der Waals surface area contributed by atoms with Crippen LogP contribution in [0, 0.1) is 0 Å². The van der Waals surface area contributed by atoms with Gasteiger partial charge in [-0.3, -0.25) is 9.97 Å². The van der Waals surface area contributed by atoms with Crippen LogP contribution >= 0.6 is 0 Å². The number of hydrogen-bond acceptors (Lipinski definition) is 8. The lowest BCUT2D eigenvalue weighted by molar-refractivity contribution is 0.661. The molecule has 128 heavy (non-hydrogen) atoms. The molecule has 0 saturated heterocycles. The van der Waals surface area contributed by atoms with Crippen LogP contribution in [0.25, 0.3) is 190 Å². The van der Waals surface area contributed by atoms with Crippen molar-refractivity contribution < 1.29 is 0 Å². The SMILES string of the molecule is CC1(C)c2ccc(-c3cccc(-c4cccc(-c5cccc(-c6nc(-c7ccccc7)nc(-c7ccc(-c8cccnc8)cc7)n6)c5)c4)c3)cc2-c2c1ccc1ccccc21.c1ccc(-c2nc(-c3ccc(-c4cccnc4)cc3)nc(-c3cccc(-c4cccc(-c5cccc(-c6ccc7c(c6)-c6ccccc6C7(c6ccccc6)c6ccccc6)c5)c4)c3)n2)cc1. The predicted octanol–water partition coefficient (Wildman–Crippen LogP) is 29.7. The quantitative estimate of drug-likeness (QED) is 0.0943. The van der Waals surface area contributed by atoms with E-state index >= 15 is 0 Å². The lowest BCUT2D eigenvalue weighted by Gasteiger charge is -2.33. The number of nitrogens with zero attached hydrogens (tertiary/aromatic N) is 8. The molecule has 602 valence electrons. The summed E-state index contributed by atoms with van der Waals surface area (Å²) in [4.78, 5) is 38.7. The van der Waals surface area contributed by atoms with Crippen LogP contribution in [0.1, 0.15) is 47.2 Å². The van der Waals surface area contributed by atoms with Gasteiger partial charge in [-0.15, -0.1) is 0 Å². The Morgan fingerprint density at radius 3 is 0.883 bits per heavy atom. The number of hydrogen-bond donors (Lipinski definition) is 0. The van der Waals surface area contributed by atoms with Crippen LogP contribution < -0.4 is 0 Å². The highest BCUT2D eigenvalue weighted by molar-refractivity contribution is 6.03. The maximum atomic E-state index is 5.08. The fraction of sp³-hybridized carbons (Fsp3) is 0.0333. The Morgan fingerprint density at radius 1 is 0.180 bits per heavy atom. The van der Waals surface area contributed by atoms with E-state index in [9.17, 15) is 0 Å². The number of rotatable bonds is 16. The van der Waals surface area contributed by atoms with Crippen LogP contribution in [-0.2, 0) is 10.8 Å². The van der Waals surface area contributed by atoms with Crippen molar-refractivity contribution in [2.45, 2.75) is 24.7 Å². The van der Waals surface area contributed by atoms with Crippen molar-refractivity contribution in [3.05, 3.63) is 495 Å².